The summed E-state index contributed by atoms with van der Waals surface area (Å²) >= 11 is 0. The van der Waals surface area contributed by atoms with Crippen molar-refractivity contribution in [2.75, 3.05) is 0 Å². The third-order valence-corrected chi connectivity index (χ3v) is 10.8. The molecular formula is C50H56N4OPt. The molecule has 0 fully saturated rings. The van der Waals surface area contributed by atoms with Gasteiger partial charge in [-0.15, -0.1) is 35.7 Å². The van der Waals surface area contributed by atoms with Crippen LogP contribution in [0.25, 0.3) is 44.4 Å². The van der Waals surface area contributed by atoms with E-state index in [4.69, 9.17) is 14.8 Å². The molecule has 7 rings (SSSR count). The average molecular weight is 924 g/mol. The molecule has 3 aromatic heterocycles. The van der Waals surface area contributed by atoms with Gasteiger partial charge in [-0.25, -0.2) is 4.98 Å². The van der Waals surface area contributed by atoms with Gasteiger partial charge in [-0.1, -0.05) is 129 Å². The van der Waals surface area contributed by atoms with E-state index in [0.717, 1.165) is 65.2 Å². The van der Waals surface area contributed by atoms with Crippen LogP contribution in [0.1, 0.15) is 116 Å². The van der Waals surface area contributed by atoms with Gasteiger partial charge < -0.3 is 9.30 Å². The zero-order valence-electron chi connectivity index (χ0n) is 34.4. The SMILES string of the molecule is CCCc1nn(-c2[c-]c(Oc3[c-]c4c(cc3)c3cc(C(C)CCCC(C)C)ccc3n4-c3cc(C(C)(C)C)ccn3)ccc2)c(CCC)c1-c1ccccc1.[Pt+2]. The van der Waals surface area contributed by atoms with E-state index >= 15 is 0 Å². The van der Waals surface area contributed by atoms with Crippen LogP contribution in [0.3, 0.4) is 0 Å². The first kappa shape index (κ1) is 41.2. The number of pyridine rings is 1. The van der Waals surface area contributed by atoms with E-state index in [1.54, 1.807) is 0 Å². The number of benzene rings is 4. The predicted molar refractivity (Wildman–Crippen MR) is 229 cm³/mol. The Labute approximate surface area is 348 Å². The monoisotopic (exact) mass is 923 g/mol. The summed E-state index contributed by atoms with van der Waals surface area (Å²) in [5, 5.41) is 7.55. The molecule has 0 spiro atoms. The van der Waals surface area contributed by atoms with Crippen molar-refractivity contribution in [3.05, 3.63) is 132 Å². The number of rotatable bonds is 14. The Kier molecular flexibility index (Phi) is 13.1. The quantitative estimate of drug-likeness (QED) is 0.102. The van der Waals surface area contributed by atoms with Crippen molar-refractivity contribution in [2.24, 2.45) is 5.92 Å². The van der Waals surface area contributed by atoms with Gasteiger partial charge in [0.25, 0.3) is 0 Å². The van der Waals surface area contributed by atoms with Crippen LogP contribution < -0.4 is 4.74 Å². The maximum atomic E-state index is 6.62. The average Bonchev–Trinajstić information content (AvgIpc) is 3.69. The van der Waals surface area contributed by atoms with Crippen LogP contribution in [0.15, 0.2) is 97.2 Å². The van der Waals surface area contributed by atoms with Crippen LogP contribution in [-0.2, 0) is 39.3 Å². The molecule has 3 heterocycles. The molecule has 0 saturated heterocycles. The maximum Gasteiger partial charge on any atom is 2.00 e. The molecule has 7 aromatic rings. The number of nitrogens with zero attached hydrogens (tertiary/aromatic N) is 4. The van der Waals surface area contributed by atoms with Crippen LogP contribution in [0.2, 0.25) is 0 Å². The molecule has 56 heavy (non-hydrogen) atoms. The van der Waals surface area contributed by atoms with E-state index in [2.05, 4.69) is 150 Å². The van der Waals surface area contributed by atoms with Gasteiger partial charge in [0, 0.05) is 34.5 Å². The Morgan fingerprint density at radius 3 is 2.27 bits per heavy atom. The molecule has 6 heteroatoms. The summed E-state index contributed by atoms with van der Waals surface area (Å²) in [5.74, 6) is 3.34. The van der Waals surface area contributed by atoms with Crippen molar-refractivity contribution in [2.45, 2.75) is 112 Å². The molecule has 0 aliphatic rings. The second-order valence-electron chi connectivity index (χ2n) is 16.6. The van der Waals surface area contributed by atoms with Crippen LogP contribution >= 0.6 is 0 Å². The number of aromatic nitrogens is 4. The molecule has 0 N–H and O–H groups in total. The molecule has 292 valence electrons. The van der Waals surface area contributed by atoms with E-state index in [0.29, 0.717) is 17.4 Å². The Balaban J connectivity index is 0.00000532. The van der Waals surface area contributed by atoms with Crippen LogP contribution in [0, 0.1) is 18.1 Å². The fraction of sp³-hybridized carbons (Fsp3) is 0.360. The maximum absolute atomic E-state index is 6.62. The summed E-state index contributed by atoms with van der Waals surface area (Å²) in [6.45, 7) is 18.2. The van der Waals surface area contributed by atoms with Gasteiger partial charge in [0.05, 0.1) is 5.69 Å². The zero-order chi connectivity index (χ0) is 38.7. The van der Waals surface area contributed by atoms with E-state index in [9.17, 15) is 0 Å². The molecule has 4 aromatic carbocycles. The number of fused-ring (bicyclic) bond motifs is 3. The first-order chi connectivity index (χ1) is 26.5. The zero-order valence-corrected chi connectivity index (χ0v) is 36.6. The molecule has 0 saturated carbocycles. The topological polar surface area (TPSA) is 44.9 Å². The van der Waals surface area contributed by atoms with Crippen LogP contribution in [0.5, 0.6) is 11.5 Å². The van der Waals surface area contributed by atoms with Crippen LogP contribution in [-0.4, -0.2) is 19.3 Å². The number of hydrogen-bond donors (Lipinski definition) is 0. The second kappa shape index (κ2) is 17.8. The summed E-state index contributed by atoms with van der Waals surface area (Å²) in [6, 6.07) is 39.5. The molecule has 0 aliphatic heterocycles. The fourth-order valence-electron chi connectivity index (χ4n) is 7.81. The Hall–Kier alpha value is -4.47. The van der Waals surface area contributed by atoms with Gasteiger partial charge in [0.1, 0.15) is 5.82 Å². The van der Waals surface area contributed by atoms with Gasteiger partial charge in [-0.2, -0.15) is 17.2 Å². The van der Waals surface area contributed by atoms with Gasteiger partial charge in [0.15, 0.2) is 0 Å². The third-order valence-electron chi connectivity index (χ3n) is 10.8. The van der Waals surface area contributed by atoms with E-state index in [1.165, 1.54) is 52.6 Å². The Bertz CT molecular complexity index is 2400. The fourth-order valence-corrected chi connectivity index (χ4v) is 7.81. The first-order valence-corrected chi connectivity index (χ1v) is 20.4. The van der Waals surface area contributed by atoms with Gasteiger partial charge in [0.2, 0.25) is 0 Å². The van der Waals surface area contributed by atoms with Gasteiger partial charge >= 0.3 is 21.1 Å². The summed E-state index contributed by atoms with van der Waals surface area (Å²) in [6.07, 6.45) is 9.48. The number of hydrogen-bond acceptors (Lipinski definition) is 3. The molecule has 0 aliphatic carbocycles. The van der Waals surface area contributed by atoms with Crippen molar-refractivity contribution < 1.29 is 25.8 Å². The van der Waals surface area contributed by atoms with Gasteiger partial charge in [-0.05, 0) is 82.5 Å². The molecule has 0 amide bonds. The van der Waals surface area contributed by atoms with E-state index in [-0.39, 0.29) is 26.5 Å². The molecule has 5 nitrogen and oxygen atoms in total. The third kappa shape index (κ3) is 8.74. The molecular weight excluding hydrogens is 868 g/mol. The smallest absolute Gasteiger partial charge is 0.509 e. The minimum absolute atomic E-state index is 0. The Morgan fingerprint density at radius 2 is 1.54 bits per heavy atom. The summed E-state index contributed by atoms with van der Waals surface area (Å²) in [7, 11) is 0. The molecule has 0 bridgehead atoms. The summed E-state index contributed by atoms with van der Waals surface area (Å²) in [4.78, 5) is 4.92. The number of aryl methyl sites for hydroxylation is 1. The van der Waals surface area contributed by atoms with E-state index < -0.39 is 0 Å². The molecule has 0 radical (unpaired) electrons. The van der Waals surface area contributed by atoms with Crippen molar-refractivity contribution in [1.82, 2.24) is 19.3 Å². The van der Waals surface area contributed by atoms with Crippen LogP contribution in [0.4, 0.5) is 0 Å². The number of ether oxygens (including phenoxy) is 1. The minimum atomic E-state index is -0.0153. The predicted octanol–water partition coefficient (Wildman–Crippen LogP) is 13.6. The molecule has 1 unspecified atom stereocenters. The van der Waals surface area contributed by atoms with Crippen molar-refractivity contribution in [1.29, 1.82) is 0 Å². The van der Waals surface area contributed by atoms with Crippen molar-refractivity contribution in [3.63, 3.8) is 0 Å². The first-order valence-electron chi connectivity index (χ1n) is 20.4. The van der Waals surface area contributed by atoms with Crippen molar-refractivity contribution >= 4 is 21.8 Å². The standard InChI is InChI=1S/C50H56N4O.Pt/c1-9-16-44-49(36-20-12-11-13-21-36)46(17-10-2)54(52-44)39-22-15-23-40(32-39)55-41-25-26-42-43-30-37(35(5)19-14-18-34(3)4)24-27-45(43)53(47(42)33-41)48-31-38(28-29-51-48)50(6,7)8;/h11-13,15,20-31,34-35H,9-10,14,16-19H2,1-8H3;/q-2;+2. The second-order valence-corrected chi connectivity index (χ2v) is 16.6. The normalized spacial score (nSPS) is 12.4. The van der Waals surface area contributed by atoms with Gasteiger partial charge in [-0.3, -0.25) is 4.68 Å². The summed E-state index contributed by atoms with van der Waals surface area (Å²) < 4.78 is 11.0. The minimum Gasteiger partial charge on any atom is -0.509 e. The Morgan fingerprint density at radius 1 is 0.768 bits per heavy atom. The van der Waals surface area contributed by atoms with Crippen molar-refractivity contribution in [3.8, 4) is 34.1 Å². The largest absolute Gasteiger partial charge is 2.00 e. The summed E-state index contributed by atoms with van der Waals surface area (Å²) in [5.41, 5.74) is 10.3. The molecule has 1 atom stereocenters. The van der Waals surface area contributed by atoms with E-state index in [1.807, 2.05) is 24.4 Å².